The smallest absolute Gasteiger partial charge is 0.341 e. The molecule has 2 aromatic rings. The summed E-state index contributed by atoms with van der Waals surface area (Å²) in [5, 5.41) is 9.53. The molecule has 1 aromatic heterocycles. The van der Waals surface area contributed by atoms with Crippen LogP contribution >= 0.6 is 0 Å². The number of aryl methyl sites for hydroxylation is 3. The van der Waals surface area contributed by atoms with Crippen molar-refractivity contribution in [1.29, 1.82) is 0 Å². The first-order valence-electron chi connectivity index (χ1n) is 7.26. The number of hydrogen-bond acceptors (Lipinski definition) is 2. The van der Waals surface area contributed by atoms with Crippen molar-refractivity contribution in [3.8, 4) is 0 Å². The molecule has 0 atom stereocenters. The molecule has 2 rings (SSSR count). The molecular formula is C17H20FNO3. The van der Waals surface area contributed by atoms with Gasteiger partial charge in [0.2, 0.25) is 5.43 Å². The largest absolute Gasteiger partial charge is 0.477 e. The van der Waals surface area contributed by atoms with Crippen LogP contribution in [0.5, 0.6) is 0 Å². The van der Waals surface area contributed by atoms with Crippen LogP contribution in [-0.4, -0.2) is 22.3 Å². The summed E-state index contributed by atoms with van der Waals surface area (Å²) in [5.41, 5.74) is 2.76. The molecule has 0 amide bonds. The van der Waals surface area contributed by atoms with Gasteiger partial charge in [0.15, 0.2) is 0 Å². The normalized spacial score (nSPS) is 11.4. The fourth-order valence-corrected chi connectivity index (χ4v) is 3.26. The second-order valence-corrected chi connectivity index (χ2v) is 5.84. The molecule has 0 spiro atoms. The maximum Gasteiger partial charge on any atom is 0.341 e. The van der Waals surface area contributed by atoms with Crippen molar-refractivity contribution >= 4 is 16.9 Å². The number of hydrogen-bond donors (Lipinski definition) is 1. The first kappa shape index (κ1) is 16.2. The molecule has 0 aliphatic rings. The molecule has 4 nitrogen and oxygen atoms in total. The molecule has 0 bridgehead atoms. The van der Waals surface area contributed by atoms with Gasteiger partial charge in [-0.2, -0.15) is 0 Å². The number of rotatable bonds is 4. The second-order valence-electron chi connectivity index (χ2n) is 5.84. The number of aromatic nitrogens is 1. The van der Waals surface area contributed by atoms with Crippen molar-refractivity contribution < 1.29 is 14.3 Å². The lowest BCUT2D eigenvalue weighted by molar-refractivity contribution is 0.0694. The van der Waals surface area contributed by atoms with E-state index in [9.17, 15) is 19.1 Å². The number of halogens is 1. The zero-order valence-corrected chi connectivity index (χ0v) is 13.2. The number of carbonyl (C=O) groups is 1. The number of benzene rings is 1. The Morgan fingerprint density at radius 1 is 1.36 bits per heavy atom. The fraction of sp³-hybridized carbons (Fsp3) is 0.412. The highest BCUT2D eigenvalue weighted by Crippen LogP contribution is 2.29. The summed E-state index contributed by atoms with van der Waals surface area (Å²) in [6.45, 7) is 7.34. The van der Waals surface area contributed by atoms with Crippen LogP contribution in [0.1, 0.15) is 46.8 Å². The molecule has 0 fully saturated rings. The van der Waals surface area contributed by atoms with E-state index in [-0.39, 0.29) is 18.0 Å². The third-order valence-corrected chi connectivity index (χ3v) is 3.99. The van der Waals surface area contributed by atoms with Crippen LogP contribution in [-0.2, 0) is 6.54 Å². The van der Waals surface area contributed by atoms with E-state index in [4.69, 9.17) is 0 Å². The number of carboxylic acid groups (broad SMARTS) is 1. The SMILES string of the molecule is Cc1cc2c(=O)c(C(=O)O)cn(CCF)c2c(C)c1C(C)C. The fourth-order valence-electron chi connectivity index (χ4n) is 3.26. The first-order valence-corrected chi connectivity index (χ1v) is 7.26. The summed E-state index contributed by atoms with van der Waals surface area (Å²) in [7, 11) is 0. The molecule has 5 heteroatoms. The van der Waals surface area contributed by atoms with Gasteiger partial charge in [-0.3, -0.25) is 4.79 Å². The predicted octanol–water partition coefficient (Wildman–Crippen LogP) is 3.41. The predicted molar refractivity (Wildman–Crippen MR) is 84.7 cm³/mol. The molecule has 22 heavy (non-hydrogen) atoms. The van der Waals surface area contributed by atoms with Gasteiger partial charge in [0.1, 0.15) is 12.2 Å². The van der Waals surface area contributed by atoms with Gasteiger partial charge in [0.05, 0.1) is 12.1 Å². The highest BCUT2D eigenvalue weighted by Gasteiger charge is 2.19. The second kappa shape index (κ2) is 5.91. The molecule has 1 aromatic carbocycles. The van der Waals surface area contributed by atoms with Crippen LogP contribution in [0.2, 0.25) is 0 Å². The van der Waals surface area contributed by atoms with Crippen molar-refractivity contribution in [2.75, 3.05) is 6.67 Å². The Kier molecular flexibility index (Phi) is 4.35. The van der Waals surface area contributed by atoms with Gasteiger partial charge in [0.25, 0.3) is 0 Å². The number of carboxylic acids is 1. The zero-order chi connectivity index (χ0) is 16.6. The lowest BCUT2D eigenvalue weighted by Gasteiger charge is -2.19. The van der Waals surface area contributed by atoms with Crippen molar-refractivity contribution in [2.45, 2.75) is 40.2 Å². The Morgan fingerprint density at radius 3 is 2.50 bits per heavy atom. The molecule has 0 saturated carbocycles. The highest BCUT2D eigenvalue weighted by atomic mass is 19.1. The average molecular weight is 305 g/mol. The molecule has 1 N–H and O–H groups in total. The Labute approximate surface area is 128 Å². The Hall–Kier alpha value is -2.17. The van der Waals surface area contributed by atoms with E-state index in [1.807, 2.05) is 13.8 Å². The number of alkyl halides is 1. The maximum absolute atomic E-state index is 12.9. The van der Waals surface area contributed by atoms with Crippen LogP contribution < -0.4 is 5.43 Å². The van der Waals surface area contributed by atoms with E-state index < -0.39 is 18.1 Å². The van der Waals surface area contributed by atoms with E-state index in [1.54, 1.807) is 10.6 Å². The van der Waals surface area contributed by atoms with E-state index in [0.29, 0.717) is 10.9 Å². The van der Waals surface area contributed by atoms with E-state index >= 15 is 0 Å². The minimum absolute atomic E-state index is 0.0263. The molecular weight excluding hydrogens is 285 g/mol. The molecule has 0 aliphatic heterocycles. The van der Waals surface area contributed by atoms with Gasteiger partial charge in [-0.05, 0) is 42.5 Å². The molecule has 1 heterocycles. The third kappa shape index (κ3) is 2.51. The van der Waals surface area contributed by atoms with Crippen molar-refractivity contribution in [2.24, 2.45) is 0 Å². The first-order chi connectivity index (χ1) is 10.3. The van der Waals surface area contributed by atoms with Gasteiger partial charge in [0, 0.05) is 11.6 Å². The maximum atomic E-state index is 12.9. The molecule has 0 saturated heterocycles. The lowest BCUT2D eigenvalue weighted by atomic mass is 9.90. The van der Waals surface area contributed by atoms with Crippen LogP contribution in [0.25, 0.3) is 10.9 Å². The van der Waals surface area contributed by atoms with Gasteiger partial charge in [-0.25, -0.2) is 9.18 Å². The monoisotopic (exact) mass is 305 g/mol. The van der Waals surface area contributed by atoms with Crippen LogP contribution in [0.3, 0.4) is 0 Å². The standard InChI is InChI=1S/C17H20FNO3/c1-9(2)14-10(3)7-12-15(11(14)4)19(6-5-18)8-13(16(12)20)17(21)22/h7-9H,5-6H2,1-4H3,(H,21,22). The summed E-state index contributed by atoms with van der Waals surface area (Å²) in [6, 6.07) is 1.72. The topological polar surface area (TPSA) is 59.3 Å². The van der Waals surface area contributed by atoms with Crippen molar-refractivity contribution in [3.63, 3.8) is 0 Å². The van der Waals surface area contributed by atoms with E-state index in [0.717, 1.165) is 16.7 Å². The zero-order valence-electron chi connectivity index (χ0n) is 13.2. The van der Waals surface area contributed by atoms with Gasteiger partial charge < -0.3 is 9.67 Å². The summed E-state index contributed by atoms with van der Waals surface area (Å²) in [4.78, 5) is 23.7. The molecule has 0 radical (unpaired) electrons. The van der Waals surface area contributed by atoms with Crippen molar-refractivity contribution in [1.82, 2.24) is 4.57 Å². The lowest BCUT2D eigenvalue weighted by Crippen LogP contribution is -2.20. The number of pyridine rings is 1. The molecule has 0 unspecified atom stereocenters. The Balaban J connectivity index is 3.02. The third-order valence-electron chi connectivity index (χ3n) is 3.99. The molecule has 118 valence electrons. The van der Waals surface area contributed by atoms with Crippen LogP contribution in [0, 0.1) is 13.8 Å². The van der Waals surface area contributed by atoms with Crippen molar-refractivity contribution in [3.05, 3.63) is 44.7 Å². The van der Waals surface area contributed by atoms with E-state index in [2.05, 4.69) is 13.8 Å². The minimum Gasteiger partial charge on any atom is -0.477 e. The number of aromatic carboxylic acids is 1. The highest BCUT2D eigenvalue weighted by molar-refractivity contribution is 5.94. The van der Waals surface area contributed by atoms with Crippen LogP contribution in [0.4, 0.5) is 4.39 Å². The Bertz CT molecular complexity index is 806. The summed E-state index contributed by atoms with van der Waals surface area (Å²) in [6.07, 6.45) is 1.25. The minimum atomic E-state index is -1.29. The summed E-state index contributed by atoms with van der Waals surface area (Å²) >= 11 is 0. The number of fused-ring (bicyclic) bond motifs is 1. The Morgan fingerprint density at radius 2 is 2.00 bits per heavy atom. The van der Waals surface area contributed by atoms with Gasteiger partial charge >= 0.3 is 5.97 Å². The number of nitrogens with zero attached hydrogens (tertiary/aromatic N) is 1. The summed E-state index contributed by atoms with van der Waals surface area (Å²) < 4.78 is 14.4. The summed E-state index contributed by atoms with van der Waals surface area (Å²) in [5.74, 6) is -1.03. The van der Waals surface area contributed by atoms with Gasteiger partial charge in [-0.15, -0.1) is 0 Å². The van der Waals surface area contributed by atoms with E-state index in [1.165, 1.54) is 6.20 Å². The quantitative estimate of drug-likeness (QED) is 0.941. The van der Waals surface area contributed by atoms with Gasteiger partial charge in [-0.1, -0.05) is 13.8 Å². The van der Waals surface area contributed by atoms with Crippen LogP contribution in [0.15, 0.2) is 17.1 Å². The molecule has 0 aliphatic carbocycles. The average Bonchev–Trinajstić information content (AvgIpc) is 2.41.